The summed E-state index contributed by atoms with van der Waals surface area (Å²) in [5.74, 6) is 10.2. The molecule has 8 nitrogen and oxygen atoms in total. The lowest BCUT2D eigenvalue weighted by Crippen LogP contribution is -2.26. The van der Waals surface area contributed by atoms with Gasteiger partial charge in [-0.2, -0.15) is 0 Å². The largest absolute Gasteiger partial charge is 0.491 e. The molecule has 336 valence electrons. The Kier molecular flexibility index (Phi) is 18.9. The smallest absolute Gasteiger partial charge is 0.127 e. The maximum Gasteiger partial charge on any atom is 0.127 e. The summed E-state index contributed by atoms with van der Waals surface area (Å²) in [5, 5.41) is 0. The predicted octanol–water partition coefficient (Wildman–Crippen LogP) is 10.7. The Morgan fingerprint density at radius 1 is 0.424 bits per heavy atom. The molecule has 0 heterocycles. The highest BCUT2D eigenvalue weighted by Gasteiger charge is 2.34. The van der Waals surface area contributed by atoms with Gasteiger partial charge in [0.05, 0.1) is 33.0 Å². The molecule has 0 fully saturated rings. The highest BCUT2D eigenvalue weighted by atomic mass is 16.5. The Hall–Kier alpha value is -7.22. The number of rotatable bonds is 27. The molecule has 0 aliphatic carbocycles. The quantitative estimate of drug-likeness (QED) is 0.0219. The van der Waals surface area contributed by atoms with Gasteiger partial charge in [0.25, 0.3) is 0 Å². The fourth-order valence-electron chi connectivity index (χ4n) is 7.51. The lowest BCUT2D eigenvalue weighted by Gasteiger charge is -2.34. The molecular formula is C58H56O8. The van der Waals surface area contributed by atoms with E-state index >= 15 is 0 Å². The Morgan fingerprint density at radius 3 is 1.24 bits per heavy atom. The lowest BCUT2D eigenvalue weighted by atomic mass is 9.70. The van der Waals surface area contributed by atoms with E-state index in [2.05, 4.69) is 91.9 Å². The van der Waals surface area contributed by atoms with Crippen LogP contribution in [-0.4, -0.2) is 79.3 Å². The fraction of sp³-hybridized carbons (Fsp3) is 0.241. The molecule has 66 heavy (non-hydrogen) atoms. The SMILES string of the molecule is C#CCOCCOc1ccccc1-c1cc(C(C)(c2ccc(-c3ccccc3)cc2)c2ccc(OCCOCC#C)c(-c3ccccc3OCCOCC=C)c2)ccc1OCCOCC#C. The number of hydrogen-bond acceptors (Lipinski definition) is 8. The van der Waals surface area contributed by atoms with E-state index in [4.69, 9.17) is 57.2 Å². The first kappa shape index (κ1) is 48.2. The lowest BCUT2D eigenvalue weighted by molar-refractivity contribution is 0.121. The van der Waals surface area contributed by atoms with Crippen molar-refractivity contribution in [3.63, 3.8) is 0 Å². The Bertz CT molecular complexity index is 2580. The van der Waals surface area contributed by atoms with E-state index in [9.17, 15) is 0 Å². The molecule has 0 amide bonds. The number of benzene rings is 6. The third kappa shape index (κ3) is 13.0. The van der Waals surface area contributed by atoms with Crippen LogP contribution in [0.3, 0.4) is 0 Å². The topological polar surface area (TPSA) is 73.8 Å². The highest BCUT2D eigenvalue weighted by molar-refractivity contribution is 5.79. The standard InChI is InChI=1S/C58H56O8/c1-6-31-59-35-39-63-54-21-15-13-19-50(54)52-43-48(27-29-56(52)65-41-37-61-33-8-3)58(5,47-25-23-46(24-26-47)45-17-11-10-12-18-45)49-28-30-57(66-42-38-62-34-9-4)53(44-49)51-20-14-16-22-55(51)64-40-36-60-32-7-2/h1,3-4,7,10-30,43-44H,2,31-42H2,5H3. The van der Waals surface area contributed by atoms with Crippen LogP contribution in [0.2, 0.25) is 0 Å². The van der Waals surface area contributed by atoms with E-state index < -0.39 is 5.41 Å². The molecule has 6 aromatic carbocycles. The van der Waals surface area contributed by atoms with Crippen LogP contribution in [-0.2, 0) is 24.4 Å². The van der Waals surface area contributed by atoms with Gasteiger partial charge in [-0.15, -0.1) is 25.8 Å². The average molecular weight is 881 g/mol. The predicted molar refractivity (Wildman–Crippen MR) is 263 cm³/mol. The zero-order valence-corrected chi connectivity index (χ0v) is 37.5. The van der Waals surface area contributed by atoms with Gasteiger partial charge in [-0.3, -0.25) is 0 Å². The summed E-state index contributed by atoms with van der Waals surface area (Å²) in [5.41, 5.74) is 7.93. The van der Waals surface area contributed by atoms with Gasteiger partial charge in [-0.25, -0.2) is 0 Å². The van der Waals surface area contributed by atoms with Crippen molar-refractivity contribution in [1.29, 1.82) is 0 Å². The van der Waals surface area contributed by atoms with E-state index in [1.807, 2.05) is 78.9 Å². The second-order valence-electron chi connectivity index (χ2n) is 15.0. The highest BCUT2D eigenvalue weighted by Crippen LogP contribution is 2.47. The Balaban J connectivity index is 1.52. The minimum atomic E-state index is -0.755. The van der Waals surface area contributed by atoms with Gasteiger partial charge in [0.1, 0.15) is 69.2 Å². The number of ether oxygens (including phenoxy) is 8. The molecule has 0 aliphatic heterocycles. The molecule has 0 N–H and O–H groups in total. The van der Waals surface area contributed by atoms with E-state index in [0.29, 0.717) is 75.9 Å². The van der Waals surface area contributed by atoms with Crippen molar-refractivity contribution in [3.05, 3.63) is 169 Å². The zero-order valence-electron chi connectivity index (χ0n) is 37.5. The van der Waals surface area contributed by atoms with Gasteiger partial charge >= 0.3 is 0 Å². The number of hydrogen-bond donors (Lipinski definition) is 0. The van der Waals surface area contributed by atoms with Crippen molar-refractivity contribution in [1.82, 2.24) is 0 Å². The maximum absolute atomic E-state index is 6.46. The van der Waals surface area contributed by atoms with Crippen molar-refractivity contribution < 1.29 is 37.9 Å². The average Bonchev–Trinajstić information content (AvgIpc) is 3.36. The summed E-state index contributed by atoms with van der Waals surface area (Å²) in [7, 11) is 0. The van der Waals surface area contributed by atoms with E-state index in [-0.39, 0.29) is 26.4 Å². The van der Waals surface area contributed by atoms with Crippen molar-refractivity contribution in [3.8, 4) is 93.4 Å². The Labute approximate surface area is 390 Å². The van der Waals surface area contributed by atoms with Gasteiger partial charge in [0.2, 0.25) is 0 Å². The van der Waals surface area contributed by atoms with Crippen LogP contribution in [0.4, 0.5) is 0 Å². The monoisotopic (exact) mass is 880 g/mol. The van der Waals surface area contributed by atoms with E-state index in [0.717, 1.165) is 50.1 Å². The molecule has 0 saturated heterocycles. The number of terminal acetylenes is 3. The molecule has 8 heteroatoms. The second kappa shape index (κ2) is 25.9. The third-order valence-electron chi connectivity index (χ3n) is 10.8. The maximum atomic E-state index is 6.46. The first-order valence-corrected chi connectivity index (χ1v) is 21.9. The molecule has 0 spiro atoms. The molecule has 1 atom stereocenters. The van der Waals surface area contributed by atoms with Crippen LogP contribution in [0, 0.1) is 37.0 Å². The molecule has 0 saturated carbocycles. The molecular weight excluding hydrogens is 825 g/mol. The van der Waals surface area contributed by atoms with Crippen LogP contribution in [0.25, 0.3) is 33.4 Å². The number of para-hydroxylation sites is 2. The van der Waals surface area contributed by atoms with Crippen LogP contribution >= 0.6 is 0 Å². The van der Waals surface area contributed by atoms with E-state index in [1.54, 1.807) is 6.08 Å². The van der Waals surface area contributed by atoms with Crippen LogP contribution in [0.1, 0.15) is 23.6 Å². The fourth-order valence-corrected chi connectivity index (χ4v) is 7.51. The minimum Gasteiger partial charge on any atom is -0.491 e. The zero-order chi connectivity index (χ0) is 46.2. The normalized spacial score (nSPS) is 11.6. The first-order chi connectivity index (χ1) is 32.5. The first-order valence-electron chi connectivity index (χ1n) is 21.9. The van der Waals surface area contributed by atoms with Gasteiger partial charge in [-0.05, 0) is 71.1 Å². The second-order valence-corrected chi connectivity index (χ2v) is 15.0. The molecule has 6 rings (SSSR count). The van der Waals surface area contributed by atoms with Gasteiger partial charge < -0.3 is 37.9 Å². The van der Waals surface area contributed by atoms with E-state index in [1.165, 1.54) is 0 Å². The third-order valence-corrected chi connectivity index (χ3v) is 10.8. The molecule has 0 radical (unpaired) electrons. The summed E-state index contributed by atoms with van der Waals surface area (Å²) >= 11 is 0. The van der Waals surface area contributed by atoms with Gasteiger partial charge in [0.15, 0.2) is 0 Å². The van der Waals surface area contributed by atoms with Crippen molar-refractivity contribution in [2.75, 3.05) is 79.3 Å². The summed E-state index contributed by atoms with van der Waals surface area (Å²) in [4.78, 5) is 0. The molecule has 6 aromatic rings. The van der Waals surface area contributed by atoms with Crippen LogP contribution in [0.15, 0.2) is 152 Å². The van der Waals surface area contributed by atoms with Crippen molar-refractivity contribution in [2.24, 2.45) is 0 Å². The summed E-state index contributed by atoms with van der Waals surface area (Å²) in [6, 6.07) is 47.6. The Morgan fingerprint density at radius 2 is 0.803 bits per heavy atom. The molecule has 0 aromatic heterocycles. The molecule has 1 unspecified atom stereocenters. The summed E-state index contributed by atoms with van der Waals surface area (Å²) < 4.78 is 48.0. The van der Waals surface area contributed by atoms with Crippen molar-refractivity contribution >= 4 is 0 Å². The van der Waals surface area contributed by atoms with Crippen LogP contribution < -0.4 is 18.9 Å². The van der Waals surface area contributed by atoms with Gasteiger partial charge in [-0.1, -0.05) is 127 Å². The summed E-state index contributed by atoms with van der Waals surface area (Å²) in [6.07, 6.45) is 18.0. The van der Waals surface area contributed by atoms with Crippen molar-refractivity contribution in [2.45, 2.75) is 12.3 Å². The van der Waals surface area contributed by atoms with Crippen LogP contribution in [0.5, 0.6) is 23.0 Å². The molecule has 0 bridgehead atoms. The molecule has 0 aliphatic rings. The summed E-state index contributed by atoms with van der Waals surface area (Å²) in [6.45, 7) is 9.65. The minimum absolute atomic E-state index is 0.196. The van der Waals surface area contributed by atoms with Gasteiger partial charge in [0, 0.05) is 27.7 Å².